The van der Waals surface area contributed by atoms with Gasteiger partial charge < -0.3 is 4.74 Å². The van der Waals surface area contributed by atoms with Crippen molar-refractivity contribution in [1.82, 2.24) is 0 Å². The van der Waals surface area contributed by atoms with Gasteiger partial charge in [-0.05, 0) is 60.7 Å². The molecule has 0 aromatic carbocycles. The van der Waals surface area contributed by atoms with E-state index in [2.05, 4.69) is 40.7 Å². The van der Waals surface area contributed by atoms with Crippen LogP contribution in [0.15, 0.2) is 12.2 Å². The number of carbonyl (C=O) groups excluding carboxylic acids is 1. The van der Waals surface area contributed by atoms with E-state index >= 15 is 0 Å². The lowest BCUT2D eigenvalue weighted by molar-refractivity contribution is -0.137. The quantitative estimate of drug-likeness (QED) is 0.485. The average molecular weight is 321 g/mol. The fraction of sp³-hybridized carbons (Fsp3) is 0.857. The van der Waals surface area contributed by atoms with E-state index in [9.17, 15) is 4.79 Å². The molecule has 2 aliphatic rings. The van der Waals surface area contributed by atoms with E-state index in [1.807, 2.05) is 6.92 Å². The molecule has 0 aliphatic heterocycles. The third-order valence-corrected chi connectivity index (χ3v) is 7.26. The fourth-order valence-electron chi connectivity index (χ4n) is 5.57. The molecule has 0 radical (unpaired) electrons. The van der Waals surface area contributed by atoms with Crippen LogP contribution < -0.4 is 0 Å². The van der Waals surface area contributed by atoms with Crippen molar-refractivity contribution in [3.05, 3.63) is 12.2 Å². The summed E-state index contributed by atoms with van der Waals surface area (Å²) in [5, 5.41) is 0. The molecule has 0 amide bonds. The minimum Gasteiger partial charge on any atom is -0.463 e. The second-order valence-electron chi connectivity index (χ2n) is 8.86. The summed E-state index contributed by atoms with van der Waals surface area (Å²) in [6.45, 7) is 14.2. The Kier molecular flexibility index (Phi) is 5.63. The molecular weight excluding hydrogens is 284 g/mol. The Morgan fingerprint density at radius 1 is 1.35 bits per heavy atom. The van der Waals surface area contributed by atoms with Crippen LogP contribution >= 0.6 is 0 Å². The van der Waals surface area contributed by atoms with Crippen molar-refractivity contribution >= 4 is 5.97 Å². The van der Waals surface area contributed by atoms with Gasteiger partial charge in [-0.1, -0.05) is 53.5 Å². The average Bonchev–Trinajstić information content (AvgIpc) is 2.83. The molecule has 2 nitrogen and oxygen atoms in total. The molecule has 23 heavy (non-hydrogen) atoms. The molecule has 2 heteroatoms. The van der Waals surface area contributed by atoms with Gasteiger partial charge in [0.25, 0.3) is 0 Å². The van der Waals surface area contributed by atoms with Crippen molar-refractivity contribution in [2.24, 2.45) is 34.5 Å². The minimum atomic E-state index is -0.213. The number of fused-ring (bicyclic) bond motifs is 1. The van der Waals surface area contributed by atoms with E-state index < -0.39 is 0 Å². The highest BCUT2D eigenvalue weighted by Crippen LogP contribution is 2.61. The molecule has 0 bridgehead atoms. The molecule has 0 N–H and O–H groups in total. The third-order valence-electron chi connectivity index (χ3n) is 7.26. The number of allylic oxidation sites excluding steroid dienone is 1. The Labute approximate surface area is 143 Å². The molecule has 0 spiro atoms. The topological polar surface area (TPSA) is 26.3 Å². The van der Waals surface area contributed by atoms with Crippen LogP contribution in [0.4, 0.5) is 0 Å². The van der Waals surface area contributed by atoms with E-state index in [4.69, 9.17) is 4.74 Å². The Morgan fingerprint density at radius 3 is 2.70 bits per heavy atom. The van der Waals surface area contributed by atoms with Crippen LogP contribution in [0.3, 0.4) is 0 Å². The minimum absolute atomic E-state index is 0.0238. The van der Waals surface area contributed by atoms with Crippen molar-refractivity contribution in [3.63, 3.8) is 0 Å². The maximum Gasteiger partial charge on any atom is 0.330 e. The molecule has 0 aromatic heterocycles. The van der Waals surface area contributed by atoms with Crippen molar-refractivity contribution in [2.75, 3.05) is 6.61 Å². The Hall–Kier alpha value is -0.790. The molecule has 2 fully saturated rings. The van der Waals surface area contributed by atoms with Gasteiger partial charge in [0.2, 0.25) is 0 Å². The van der Waals surface area contributed by atoms with E-state index in [0.717, 1.165) is 17.8 Å². The number of ether oxygens (including phenoxy) is 1. The first-order chi connectivity index (χ1) is 10.7. The van der Waals surface area contributed by atoms with Gasteiger partial charge in [0.05, 0.1) is 6.61 Å². The molecule has 2 unspecified atom stereocenters. The number of hydrogen-bond donors (Lipinski definition) is 0. The largest absolute Gasteiger partial charge is 0.463 e. The fourth-order valence-corrected chi connectivity index (χ4v) is 5.57. The highest BCUT2D eigenvalue weighted by Gasteiger charge is 2.53. The predicted molar refractivity (Wildman–Crippen MR) is 96.1 cm³/mol. The molecule has 2 aliphatic carbocycles. The smallest absolute Gasteiger partial charge is 0.330 e. The van der Waals surface area contributed by atoms with Gasteiger partial charge in [-0.15, -0.1) is 0 Å². The van der Waals surface area contributed by atoms with E-state index in [1.54, 1.807) is 6.08 Å². The molecule has 2 saturated carbocycles. The summed E-state index contributed by atoms with van der Waals surface area (Å²) in [4.78, 5) is 11.7. The summed E-state index contributed by atoms with van der Waals surface area (Å²) >= 11 is 0. The Balaban J connectivity index is 2.12. The lowest BCUT2D eigenvalue weighted by Gasteiger charge is -2.48. The maximum atomic E-state index is 11.7. The number of carbonyl (C=O) groups is 1. The van der Waals surface area contributed by atoms with Crippen molar-refractivity contribution in [1.29, 1.82) is 0 Å². The first kappa shape index (κ1) is 18.5. The zero-order valence-electron chi connectivity index (χ0n) is 16.0. The van der Waals surface area contributed by atoms with Gasteiger partial charge in [0.1, 0.15) is 0 Å². The van der Waals surface area contributed by atoms with Crippen LogP contribution in [0.2, 0.25) is 0 Å². The zero-order valence-corrected chi connectivity index (χ0v) is 16.0. The van der Waals surface area contributed by atoms with Crippen LogP contribution in [-0.2, 0) is 9.53 Å². The molecular formula is C21H36O2. The number of rotatable bonds is 5. The highest BCUT2D eigenvalue weighted by molar-refractivity contribution is 5.82. The van der Waals surface area contributed by atoms with Crippen molar-refractivity contribution < 1.29 is 9.53 Å². The van der Waals surface area contributed by atoms with Gasteiger partial charge in [-0.25, -0.2) is 4.79 Å². The Morgan fingerprint density at radius 2 is 2.04 bits per heavy atom. The third kappa shape index (κ3) is 3.67. The van der Waals surface area contributed by atoms with E-state index in [1.165, 1.54) is 32.1 Å². The van der Waals surface area contributed by atoms with Gasteiger partial charge in [0, 0.05) is 6.08 Å². The van der Waals surface area contributed by atoms with Crippen LogP contribution in [0.5, 0.6) is 0 Å². The summed E-state index contributed by atoms with van der Waals surface area (Å²) < 4.78 is 5.04. The standard InChI is InChI=1S/C21H36O2/c1-7-23-19(22)12-14-20(4,5)16(3)18-11-10-17-15(2)9-8-13-21(17,18)6/h12,14-18H,7-11,13H2,1-6H3/b14-12+/t15-,16-,17?,18?,21-/m0/s1. The molecule has 132 valence electrons. The lowest BCUT2D eigenvalue weighted by atomic mass is 9.57. The summed E-state index contributed by atoms with van der Waals surface area (Å²) in [5.41, 5.74) is 0.516. The first-order valence-electron chi connectivity index (χ1n) is 9.58. The lowest BCUT2D eigenvalue weighted by Crippen LogP contribution is -2.41. The number of hydrogen-bond acceptors (Lipinski definition) is 2. The van der Waals surface area contributed by atoms with Gasteiger partial charge in [-0.3, -0.25) is 0 Å². The molecule has 2 rings (SSSR count). The second-order valence-corrected chi connectivity index (χ2v) is 8.86. The molecule has 0 heterocycles. The second kappa shape index (κ2) is 6.99. The highest BCUT2D eigenvalue weighted by atomic mass is 16.5. The SMILES string of the molecule is CCOC(=O)/C=C/C(C)(C)[C@@H](C)C1CCC2[C@@H](C)CCC[C@@]21C. The zero-order chi connectivity index (χ0) is 17.3. The van der Waals surface area contributed by atoms with Crippen LogP contribution in [0.1, 0.15) is 73.6 Å². The summed E-state index contributed by atoms with van der Waals surface area (Å²) in [6, 6.07) is 0. The van der Waals surface area contributed by atoms with E-state index in [-0.39, 0.29) is 11.4 Å². The molecule has 0 saturated heterocycles. The van der Waals surface area contributed by atoms with Gasteiger partial charge >= 0.3 is 5.97 Å². The van der Waals surface area contributed by atoms with Gasteiger partial charge in [-0.2, -0.15) is 0 Å². The van der Waals surface area contributed by atoms with Crippen molar-refractivity contribution in [2.45, 2.75) is 73.6 Å². The summed E-state index contributed by atoms with van der Waals surface area (Å²) in [5.74, 6) is 2.90. The monoisotopic (exact) mass is 320 g/mol. The van der Waals surface area contributed by atoms with Crippen LogP contribution in [0, 0.1) is 34.5 Å². The van der Waals surface area contributed by atoms with Gasteiger partial charge in [0.15, 0.2) is 0 Å². The first-order valence-corrected chi connectivity index (χ1v) is 9.58. The van der Waals surface area contributed by atoms with E-state index in [0.29, 0.717) is 17.9 Å². The van der Waals surface area contributed by atoms with Crippen LogP contribution in [0.25, 0.3) is 0 Å². The maximum absolute atomic E-state index is 11.7. The molecule has 0 aromatic rings. The normalized spacial score (nSPS) is 36.0. The summed E-state index contributed by atoms with van der Waals surface area (Å²) in [6.07, 6.45) is 10.6. The van der Waals surface area contributed by atoms with Crippen LogP contribution in [-0.4, -0.2) is 12.6 Å². The van der Waals surface area contributed by atoms with Crippen molar-refractivity contribution in [3.8, 4) is 0 Å². The predicted octanol–water partition coefficient (Wildman–Crippen LogP) is 5.62. The molecule has 5 atom stereocenters. The summed E-state index contributed by atoms with van der Waals surface area (Å²) in [7, 11) is 0. The number of esters is 1. The Bertz CT molecular complexity index is 451.